The molecular formula is C21H30FN7O2. The second-order valence-electron chi connectivity index (χ2n) is 9.07. The summed E-state index contributed by atoms with van der Waals surface area (Å²) in [5.41, 5.74) is 6.86. The number of aryl methyl sites for hydroxylation is 1. The van der Waals surface area contributed by atoms with Crippen LogP contribution in [0.5, 0.6) is 0 Å². The largest absolute Gasteiger partial charge is 0.346 e. The molecule has 0 saturated carbocycles. The second-order valence-corrected chi connectivity index (χ2v) is 9.07. The van der Waals surface area contributed by atoms with Crippen molar-refractivity contribution < 1.29 is 14.0 Å². The van der Waals surface area contributed by atoms with Crippen LogP contribution >= 0.6 is 0 Å². The predicted molar refractivity (Wildman–Crippen MR) is 113 cm³/mol. The van der Waals surface area contributed by atoms with Gasteiger partial charge in [0, 0.05) is 13.6 Å². The van der Waals surface area contributed by atoms with Crippen LogP contribution < -0.4 is 11.1 Å². The van der Waals surface area contributed by atoms with Crippen LogP contribution in [0, 0.1) is 11.2 Å². The molecule has 3 atom stereocenters. The van der Waals surface area contributed by atoms with Crippen LogP contribution in [0.25, 0.3) is 11.4 Å². The van der Waals surface area contributed by atoms with Crippen molar-refractivity contribution in [3.8, 4) is 11.4 Å². The van der Waals surface area contributed by atoms with Gasteiger partial charge >= 0.3 is 0 Å². The molecule has 0 radical (unpaired) electrons. The lowest BCUT2D eigenvalue weighted by Crippen LogP contribution is -2.55. The molecule has 0 spiro atoms. The van der Waals surface area contributed by atoms with Gasteiger partial charge in [-0.15, -0.1) is 5.10 Å². The number of aromatic nitrogens is 4. The van der Waals surface area contributed by atoms with Crippen molar-refractivity contribution in [1.29, 1.82) is 0 Å². The monoisotopic (exact) mass is 431 g/mol. The molecule has 1 fully saturated rings. The van der Waals surface area contributed by atoms with Crippen LogP contribution in [0.2, 0.25) is 0 Å². The summed E-state index contributed by atoms with van der Waals surface area (Å²) in [6.07, 6.45) is 2.46. The second kappa shape index (κ2) is 8.70. The minimum atomic E-state index is -0.677. The van der Waals surface area contributed by atoms with E-state index in [4.69, 9.17) is 5.73 Å². The Kier molecular flexibility index (Phi) is 6.40. The molecule has 3 N–H and O–H groups in total. The fourth-order valence-corrected chi connectivity index (χ4v) is 3.63. The van der Waals surface area contributed by atoms with Gasteiger partial charge in [-0.2, -0.15) is 10.2 Å². The molecule has 9 nitrogen and oxygen atoms in total. The number of hydrogen-bond donors (Lipinski definition) is 2. The summed E-state index contributed by atoms with van der Waals surface area (Å²) in [7, 11) is 1.62. The van der Waals surface area contributed by atoms with E-state index in [9.17, 15) is 14.0 Å². The van der Waals surface area contributed by atoms with E-state index in [1.54, 1.807) is 31.0 Å². The molecule has 0 bridgehead atoms. The van der Waals surface area contributed by atoms with Gasteiger partial charge in [0.15, 0.2) is 5.82 Å². The number of nitrogens with one attached hydrogen (secondary N) is 1. The molecule has 1 saturated heterocycles. The van der Waals surface area contributed by atoms with Gasteiger partial charge in [-0.25, -0.2) is 4.39 Å². The van der Waals surface area contributed by atoms with Crippen LogP contribution in [-0.2, 0) is 16.6 Å². The van der Waals surface area contributed by atoms with E-state index in [0.29, 0.717) is 24.4 Å². The molecule has 2 aromatic rings. The average molecular weight is 432 g/mol. The molecule has 2 amide bonds. The standard InChI is InChI=1S/C21H30FN7O2/c1-12(14-8-9-15(27-26-14)17-13(22)11-24-28(17)5)25-19(30)16-7-6-10-29(16)20(31)18(23)21(2,3)4/h8-9,11-12,16,18H,6-7,10,23H2,1-5H3,(H,25,30). The summed E-state index contributed by atoms with van der Waals surface area (Å²) >= 11 is 0. The molecule has 31 heavy (non-hydrogen) atoms. The molecule has 1 aliphatic heterocycles. The number of carbonyl (C=O) groups excluding carboxylic acids is 2. The number of carbonyl (C=O) groups is 2. The maximum atomic E-state index is 13.9. The topological polar surface area (TPSA) is 119 Å². The van der Waals surface area contributed by atoms with Gasteiger partial charge in [0.05, 0.1) is 24.0 Å². The normalized spacial score (nSPS) is 18.7. The summed E-state index contributed by atoms with van der Waals surface area (Å²) in [6.45, 7) is 8.02. The number of halogens is 1. The minimum absolute atomic E-state index is 0.208. The van der Waals surface area contributed by atoms with E-state index in [2.05, 4.69) is 20.6 Å². The first-order valence-electron chi connectivity index (χ1n) is 10.4. The van der Waals surface area contributed by atoms with E-state index in [0.717, 1.165) is 12.6 Å². The molecule has 3 heterocycles. The Balaban J connectivity index is 1.68. The summed E-state index contributed by atoms with van der Waals surface area (Å²) in [6, 6.07) is 1.66. The quantitative estimate of drug-likeness (QED) is 0.742. The highest BCUT2D eigenvalue weighted by atomic mass is 19.1. The van der Waals surface area contributed by atoms with Crippen LogP contribution in [0.4, 0.5) is 4.39 Å². The molecule has 2 aromatic heterocycles. The molecule has 10 heteroatoms. The first-order chi connectivity index (χ1) is 14.5. The summed E-state index contributed by atoms with van der Waals surface area (Å²) in [5, 5.41) is 15.0. The van der Waals surface area contributed by atoms with Crippen molar-refractivity contribution in [2.45, 2.75) is 58.7 Å². The maximum Gasteiger partial charge on any atom is 0.243 e. The van der Waals surface area contributed by atoms with E-state index >= 15 is 0 Å². The van der Waals surface area contributed by atoms with Gasteiger partial charge in [-0.1, -0.05) is 20.8 Å². The van der Waals surface area contributed by atoms with Gasteiger partial charge in [0.25, 0.3) is 0 Å². The number of amides is 2. The molecule has 3 rings (SSSR count). The van der Waals surface area contributed by atoms with E-state index in [1.165, 1.54) is 4.68 Å². The Morgan fingerprint density at radius 3 is 2.55 bits per heavy atom. The molecule has 1 aliphatic rings. The number of nitrogens with zero attached hydrogens (tertiary/aromatic N) is 5. The van der Waals surface area contributed by atoms with Crippen LogP contribution in [-0.4, -0.2) is 55.3 Å². The Labute approximate surface area is 181 Å². The molecule has 0 aliphatic carbocycles. The van der Waals surface area contributed by atoms with Crippen molar-refractivity contribution in [2.24, 2.45) is 18.2 Å². The zero-order chi connectivity index (χ0) is 22.9. The Morgan fingerprint density at radius 2 is 2.00 bits per heavy atom. The molecule has 168 valence electrons. The van der Waals surface area contributed by atoms with Crippen molar-refractivity contribution >= 4 is 11.8 Å². The first kappa shape index (κ1) is 22.8. The molecular weight excluding hydrogens is 401 g/mol. The lowest BCUT2D eigenvalue weighted by atomic mass is 9.86. The maximum absolute atomic E-state index is 13.9. The number of rotatable bonds is 5. The van der Waals surface area contributed by atoms with Gasteiger partial charge in [-0.05, 0) is 37.3 Å². The van der Waals surface area contributed by atoms with Gasteiger partial charge < -0.3 is 16.0 Å². The smallest absolute Gasteiger partial charge is 0.243 e. The zero-order valence-corrected chi connectivity index (χ0v) is 18.6. The van der Waals surface area contributed by atoms with Crippen LogP contribution in [0.1, 0.15) is 52.3 Å². The summed E-state index contributed by atoms with van der Waals surface area (Å²) < 4.78 is 15.3. The van der Waals surface area contributed by atoms with Crippen LogP contribution in [0.15, 0.2) is 18.3 Å². The third-order valence-electron chi connectivity index (χ3n) is 5.66. The van der Waals surface area contributed by atoms with Crippen molar-refractivity contribution in [3.63, 3.8) is 0 Å². The van der Waals surface area contributed by atoms with Gasteiger partial charge in [0.2, 0.25) is 11.8 Å². The van der Waals surface area contributed by atoms with E-state index in [1.807, 2.05) is 20.8 Å². The van der Waals surface area contributed by atoms with Gasteiger partial charge in [0.1, 0.15) is 17.4 Å². The number of likely N-dealkylation sites (tertiary alicyclic amines) is 1. The average Bonchev–Trinajstić information content (AvgIpc) is 3.33. The fraction of sp³-hybridized carbons (Fsp3) is 0.571. The highest BCUT2D eigenvalue weighted by molar-refractivity contribution is 5.90. The fourth-order valence-electron chi connectivity index (χ4n) is 3.63. The third kappa shape index (κ3) is 4.73. The van der Waals surface area contributed by atoms with Crippen molar-refractivity contribution in [2.75, 3.05) is 6.54 Å². The number of nitrogens with two attached hydrogens (primary N) is 1. The van der Waals surface area contributed by atoms with E-state index in [-0.39, 0.29) is 17.5 Å². The number of hydrogen-bond acceptors (Lipinski definition) is 6. The van der Waals surface area contributed by atoms with Crippen LogP contribution in [0.3, 0.4) is 0 Å². The van der Waals surface area contributed by atoms with Crippen molar-refractivity contribution in [3.05, 3.63) is 29.8 Å². The minimum Gasteiger partial charge on any atom is -0.346 e. The zero-order valence-electron chi connectivity index (χ0n) is 18.6. The third-order valence-corrected chi connectivity index (χ3v) is 5.66. The van der Waals surface area contributed by atoms with Crippen molar-refractivity contribution in [1.82, 2.24) is 30.2 Å². The highest BCUT2D eigenvalue weighted by Crippen LogP contribution is 2.25. The molecule has 0 aromatic carbocycles. The summed E-state index contributed by atoms with van der Waals surface area (Å²) in [5.74, 6) is -0.937. The SMILES string of the molecule is CC(NC(=O)C1CCCN1C(=O)C(N)C(C)(C)C)c1ccc(-c2c(F)cnn2C)nn1. The molecule has 3 unspecified atom stereocenters. The highest BCUT2D eigenvalue weighted by Gasteiger charge is 2.39. The lowest BCUT2D eigenvalue weighted by Gasteiger charge is -2.32. The first-order valence-corrected chi connectivity index (χ1v) is 10.4. The Hall–Kier alpha value is -2.88. The summed E-state index contributed by atoms with van der Waals surface area (Å²) in [4.78, 5) is 27.3. The Bertz CT molecular complexity index is 932. The lowest BCUT2D eigenvalue weighted by molar-refractivity contribution is -0.141. The Morgan fingerprint density at radius 1 is 1.29 bits per heavy atom. The van der Waals surface area contributed by atoms with Gasteiger partial charge in [-0.3, -0.25) is 14.3 Å². The predicted octanol–water partition coefficient (Wildman–Crippen LogP) is 1.56. The van der Waals surface area contributed by atoms with E-state index < -0.39 is 29.4 Å².